The molecule has 1 N–H and O–H groups in total. The number of nitro groups is 1. The first kappa shape index (κ1) is 20.5. The predicted molar refractivity (Wildman–Crippen MR) is 102 cm³/mol. The lowest BCUT2D eigenvalue weighted by Gasteiger charge is -2.46. The molecule has 7 nitrogen and oxygen atoms in total. The van der Waals surface area contributed by atoms with Crippen LogP contribution in [0.3, 0.4) is 0 Å². The molecule has 0 aromatic carbocycles. The molecule has 0 unspecified atom stereocenters. The quantitative estimate of drug-likeness (QED) is 0.484. The van der Waals surface area contributed by atoms with Crippen LogP contribution in [0.2, 0.25) is 18.1 Å². The van der Waals surface area contributed by atoms with Crippen LogP contribution in [-0.2, 0) is 9.16 Å². The highest BCUT2D eigenvalue weighted by molar-refractivity contribution is 6.74. The monoisotopic (exact) mass is 380 g/mol. The molecular weight excluding hydrogens is 352 g/mol. The molecule has 0 bridgehead atoms. The molecule has 0 saturated heterocycles. The first-order valence-corrected chi connectivity index (χ1v) is 11.6. The standard InChI is InChI=1S/C18H28N2O5Si/c1-12-18(5,21)16(25-26(6,7)17(2,3)4)10-15(24-12)13-8-9-19-11-14(13)20(22)23/h8-12,16,21H,1-7H3/t12-,16-,18-/m1/s1. The van der Waals surface area contributed by atoms with Gasteiger partial charge in [-0.3, -0.25) is 15.1 Å². The van der Waals surface area contributed by atoms with E-state index in [9.17, 15) is 15.2 Å². The molecule has 8 heteroatoms. The molecule has 26 heavy (non-hydrogen) atoms. The molecular formula is C18H28N2O5Si. The van der Waals surface area contributed by atoms with Crippen molar-refractivity contribution in [2.45, 2.75) is 70.6 Å². The summed E-state index contributed by atoms with van der Waals surface area (Å²) in [6.07, 6.45) is 3.11. The average molecular weight is 381 g/mol. The minimum absolute atomic E-state index is 0.0404. The summed E-state index contributed by atoms with van der Waals surface area (Å²) >= 11 is 0. The van der Waals surface area contributed by atoms with Crippen LogP contribution in [0.25, 0.3) is 5.76 Å². The Hall–Kier alpha value is -1.77. The topological polar surface area (TPSA) is 94.7 Å². The first-order chi connectivity index (χ1) is 11.8. The van der Waals surface area contributed by atoms with Gasteiger partial charge in [-0.1, -0.05) is 20.8 Å². The fourth-order valence-corrected chi connectivity index (χ4v) is 3.72. The van der Waals surface area contributed by atoms with Crippen LogP contribution < -0.4 is 0 Å². The van der Waals surface area contributed by atoms with Crippen molar-refractivity contribution in [3.05, 3.63) is 40.2 Å². The third kappa shape index (κ3) is 3.82. The molecule has 0 saturated carbocycles. The summed E-state index contributed by atoms with van der Waals surface area (Å²) in [5, 5.41) is 22.2. The highest BCUT2D eigenvalue weighted by Crippen LogP contribution is 2.42. The number of aromatic nitrogens is 1. The van der Waals surface area contributed by atoms with Gasteiger partial charge in [0.2, 0.25) is 0 Å². The highest BCUT2D eigenvalue weighted by Gasteiger charge is 2.48. The Morgan fingerprint density at radius 3 is 2.58 bits per heavy atom. The number of rotatable bonds is 4. The van der Waals surface area contributed by atoms with E-state index in [1.165, 1.54) is 12.4 Å². The van der Waals surface area contributed by atoms with Crippen molar-refractivity contribution in [1.82, 2.24) is 4.98 Å². The molecule has 0 fully saturated rings. The third-order valence-electron chi connectivity index (χ3n) is 5.50. The fraction of sp³-hybridized carbons (Fsp3) is 0.611. The SMILES string of the molecule is C[C@H]1OC(c2ccncc2[N+](=O)[O-])=C[C@@H](O[Si](C)(C)C(C)(C)C)[C@]1(C)O. The minimum Gasteiger partial charge on any atom is -0.487 e. The Labute approximate surface area is 155 Å². The van der Waals surface area contributed by atoms with Gasteiger partial charge in [0.1, 0.15) is 23.7 Å². The molecule has 144 valence electrons. The van der Waals surface area contributed by atoms with Crippen molar-refractivity contribution < 1.29 is 19.2 Å². The van der Waals surface area contributed by atoms with Gasteiger partial charge in [-0.2, -0.15) is 0 Å². The second-order valence-corrected chi connectivity index (χ2v) is 13.2. The van der Waals surface area contributed by atoms with Gasteiger partial charge in [0.25, 0.3) is 5.69 Å². The lowest BCUT2D eigenvalue weighted by atomic mass is 9.89. The van der Waals surface area contributed by atoms with Crippen LogP contribution in [-0.4, -0.2) is 41.1 Å². The summed E-state index contributed by atoms with van der Waals surface area (Å²) in [6, 6.07) is 1.54. The predicted octanol–water partition coefficient (Wildman–Crippen LogP) is 3.89. The van der Waals surface area contributed by atoms with E-state index in [0.29, 0.717) is 11.3 Å². The van der Waals surface area contributed by atoms with E-state index in [0.717, 1.165) is 0 Å². The van der Waals surface area contributed by atoms with Crippen LogP contribution in [0, 0.1) is 10.1 Å². The molecule has 2 rings (SSSR count). The van der Waals surface area contributed by atoms with Crippen molar-refractivity contribution in [2.24, 2.45) is 0 Å². The Kier molecular flexibility index (Phi) is 5.33. The zero-order valence-electron chi connectivity index (χ0n) is 16.4. The van der Waals surface area contributed by atoms with E-state index in [-0.39, 0.29) is 10.7 Å². The second kappa shape index (κ2) is 6.75. The van der Waals surface area contributed by atoms with E-state index in [4.69, 9.17) is 9.16 Å². The van der Waals surface area contributed by atoms with E-state index >= 15 is 0 Å². The van der Waals surface area contributed by atoms with Gasteiger partial charge in [0, 0.05) is 6.20 Å². The molecule has 1 aromatic heterocycles. The fourth-order valence-electron chi connectivity index (χ4n) is 2.43. The molecule has 1 aliphatic rings. The lowest BCUT2D eigenvalue weighted by molar-refractivity contribution is -0.385. The Bertz CT molecular complexity index is 725. The molecule has 0 spiro atoms. The smallest absolute Gasteiger partial charge is 0.298 e. The second-order valence-electron chi connectivity index (χ2n) is 8.47. The van der Waals surface area contributed by atoms with Crippen LogP contribution in [0.15, 0.2) is 24.5 Å². The van der Waals surface area contributed by atoms with Crippen LogP contribution in [0.5, 0.6) is 0 Å². The van der Waals surface area contributed by atoms with Crippen molar-refractivity contribution in [1.29, 1.82) is 0 Å². The maximum Gasteiger partial charge on any atom is 0.298 e. The van der Waals surface area contributed by atoms with Gasteiger partial charge in [-0.05, 0) is 44.1 Å². The molecule has 1 aliphatic heterocycles. The zero-order chi connectivity index (χ0) is 19.9. The number of nitrogens with zero attached hydrogens (tertiary/aromatic N) is 2. The number of pyridine rings is 1. The van der Waals surface area contributed by atoms with Crippen molar-refractivity contribution in [2.75, 3.05) is 0 Å². The Morgan fingerprint density at radius 1 is 1.42 bits per heavy atom. The molecule has 0 radical (unpaired) electrons. The zero-order valence-corrected chi connectivity index (χ0v) is 17.4. The van der Waals surface area contributed by atoms with Crippen LogP contribution in [0.1, 0.15) is 40.2 Å². The number of ether oxygens (including phenoxy) is 1. The first-order valence-electron chi connectivity index (χ1n) is 8.65. The van der Waals surface area contributed by atoms with Crippen molar-refractivity contribution >= 4 is 19.8 Å². The van der Waals surface area contributed by atoms with Crippen molar-refractivity contribution in [3.63, 3.8) is 0 Å². The van der Waals surface area contributed by atoms with Gasteiger partial charge in [-0.25, -0.2) is 0 Å². The molecule has 3 atom stereocenters. The molecule has 1 aromatic rings. The van der Waals surface area contributed by atoms with Gasteiger partial charge < -0.3 is 14.3 Å². The minimum atomic E-state index is -2.18. The summed E-state index contributed by atoms with van der Waals surface area (Å²) in [5.41, 5.74) is -1.06. The Morgan fingerprint density at radius 2 is 2.04 bits per heavy atom. The largest absolute Gasteiger partial charge is 0.487 e. The number of hydrogen-bond donors (Lipinski definition) is 1. The summed E-state index contributed by atoms with van der Waals surface area (Å²) in [4.78, 5) is 14.7. The van der Waals surface area contributed by atoms with E-state index < -0.39 is 31.0 Å². The summed E-state index contributed by atoms with van der Waals surface area (Å²) in [5.74, 6) is 0.335. The van der Waals surface area contributed by atoms with Gasteiger partial charge >= 0.3 is 0 Å². The van der Waals surface area contributed by atoms with Crippen molar-refractivity contribution in [3.8, 4) is 0 Å². The lowest BCUT2D eigenvalue weighted by Crippen LogP contribution is -2.57. The van der Waals surface area contributed by atoms with Gasteiger partial charge in [0.05, 0.1) is 16.6 Å². The van der Waals surface area contributed by atoms with Gasteiger partial charge in [0.15, 0.2) is 8.32 Å². The van der Waals surface area contributed by atoms with Gasteiger partial charge in [-0.15, -0.1) is 0 Å². The highest BCUT2D eigenvalue weighted by atomic mass is 28.4. The normalized spacial score (nSPS) is 26.8. The Balaban J connectivity index is 2.50. The molecule has 0 amide bonds. The maximum atomic E-state index is 11.3. The molecule has 0 aliphatic carbocycles. The summed E-state index contributed by atoms with van der Waals surface area (Å²) < 4.78 is 12.3. The third-order valence-corrected chi connectivity index (χ3v) is 9.95. The summed E-state index contributed by atoms with van der Waals surface area (Å²) in [6.45, 7) is 14.0. The van der Waals surface area contributed by atoms with Crippen LogP contribution >= 0.6 is 0 Å². The van der Waals surface area contributed by atoms with E-state index in [1.54, 1.807) is 26.0 Å². The van der Waals surface area contributed by atoms with E-state index in [1.807, 2.05) is 0 Å². The summed E-state index contributed by atoms with van der Waals surface area (Å²) in [7, 11) is -2.18. The van der Waals surface area contributed by atoms with E-state index in [2.05, 4.69) is 38.8 Å². The van der Waals surface area contributed by atoms with Crippen LogP contribution in [0.4, 0.5) is 5.69 Å². The molecule has 2 heterocycles. The number of hydrogen-bond acceptors (Lipinski definition) is 6. The average Bonchev–Trinajstić information content (AvgIpc) is 2.50. The maximum absolute atomic E-state index is 11.3. The number of aliphatic hydroxyl groups is 1.